The molecule has 1 aromatic rings. The van der Waals surface area contributed by atoms with Gasteiger partial charge in [-0.2, -0.15) is 0 Å². The molecule has 8 heteroatoms. The van der Waals surface area contributed by atoms with E-state index in [1.54, 1.807) is 23.1 Å². The van der Waals surface area contributed by atoms with Crippen molar-refractivity contribution >= 4 is 34.6 Å². The van der Waals surface area contributed by atoms with E-state index in [-0.39, 0.29) is 29.0 Å². The van der Waals surface area contributed by atoms with Gasteiger partial charge in [-0.25, -0.2) is 4.79 Å². The van der Waals surface area contributed by atoms with E-state index in [2.05, 4.69) is 5.32 Å². The van der Waals surface area contributed by atoms with E-state index in [4.69, 9.17) is 4.74 Å². The Bertz CT molecular complexity index is 614. The number of nitrogens with zero attached hydrogens (tertiary/aromatic N) is 2. The number of imide groups is 1. The molecule has 0 bridgehead atoms. The van der Waals surface area contributed by atoms with Gasteiger partial charge in [0.05, 0.1) is 24.6 Å². The van der Waals surface area contributed by atoms with Gasteiger partial charge in [0, 0.05) is 13.1 Å². The van der Waals surface area contributed by atoms with Crippen molar-refractivity contribution in [1.82, 2.24) is 9.80 Å². The van der Waals surface area contributed by atoms with Crippen molar-refractivity contribution in [3.63, 3.8) is 0 Å². The fourth-order valence-electron chi connectivity index (χ4n) is 2.44. The number of carbonyl (C=O) groups excluding carboxylic acids is 3. The first kappa shape index (κ1) is 14.7. The zero-order valence-electron chi connectivity index (χ0n) is 11.9. The molecule has 2 aliphatic heterocycles. The third-order valence-electron chi connectivity index (χ3n) is 3.65. The standard InChI is InChI=1S/C14H15N3O4S/c1-21-11-5-3-2-4-10(11)15-13(19)16-6-9(7-16)17-12(18)8-22-14(17)20/h2-5,9H,6-8H2,1H3,(H,15,19). The van der Waals surface area contributed by atoms with Crippen LogP contribution in [0.15, 0.2) is 24.3 Å². The molecule has 2 fully saturated rings. The highest BCUT2D eigenvalue weighted by Crippen LogP contribution is 2.28. The second-order valence-corrected chi connectivity index (χ2v) is 5.93. The number of benzene rings is 1. The van der Waals surface area contributed by atoms with E-state index in [9.17, 15) is 14.4 Å². The number of thioether (sulfide) groups is 1. The van der Waals surface area contributed by atoms with Gasteiger partial charge in [0.2, 0.25) is 5.91 Å². The zero-order valence-corrected chi connectivity index (χ0v) is 12.8. The molecule has 0 atom stereocenters. The summed E-state index contributed by atoms with van der Waals surface area (Å²) in [6.07, 6.45) is 0. The molecule has 0 aliphatic carbocycles. The van der Waals surface area contributed by atoms with Crippen molar-refractivity contribution in [2.24, 2.45) is 0 Å². The minimum Gasteiger partial charge on any atom is -0.495 e. The number of nitrogens with one attached hydrogen (secondary N) is 1. The number of hydrogen-bond acceptors (Lipinski definition) is 5. The van der Waals surface area contributed by atoms with Gasteiger partial charge in [0.25, 0.3) is 5.24 Å². The number of carbonyl (C=O) groups is 3. The summed E-state index contributed by atoms with van der Waals surface area (Å²) in [7, 11) is 1.53. The highest BCUT2D eigenvalue weighted by molar-refractivity contribution is 8.14. The van der Waals surface area contributed by atoms with Gasteiger partial charge in [0.1, 0.15) is 5.75 Å². The summed E-state index contributed by atoms with van der Waals surface area (Å²) in [4.78, 5) is 38.2. The Labute approximate surface area is 131 Å². The maximum atomic E-state index is 12.2. The van der Waals surface area contributed by atoms with Crippen LogP contribution in [0.1, 0.15) is 0 Å². The second-order valence-electron chi connectivity index (χ2n) is 5.01. The van der Waals surface area contributed by atoms with Gasteiger partial charge in [-0.3, -0.25) is 14.5 Å². The van der Waals surface area contributed by atoms with E-state index in [0.29, 0.717) is 24.5 Å². The summed E-state index contributed by atoms with van der Waals surface area (Å²) in [6, 6.07) is 6.64. The van der Waals surface area contributed by atoms with Gasteiger partial charge in [-0.05, 0) is 12.1 Å². The summed E-state index contributed by atoms with van der Waals surface area (Å²) >= 11 is 1.01. The summed E-state index contributed by atoms with van der Waals surface area (Å²) < 4.78 is 5.17. The van der Waals surface area contributed by atoms with Crippen LogP contribution in [0.5, 0.6) is 5.75 Å². The van der Waals surface area contributed by atoms with Crippen LogP contribution in [0.4, 0.5) is 15.3 Å². The van der Waals surface area contributed by atoms with E-state index >= 15 is 0 Å². The fraction of sp³-hybridized carbons (Fsp3) is 0.357. The molecule has 2 heterocycles. The van der Waals surface area contributed by atoms with Crippen LogP contribution in [-0.2, 0) is 4.79 Å². The normalized spacial score (nSPS) is 18.4. The van der Waals surface area contributed by atoms with Crippen LogP contribution in [0.25, 0.3) is 0 Å². The maximum absolute atomic E-state index is 12.2. The number of amides is 4. The smallest absolute Gasteiger partial charge is 0.322 e. The average Bonchev–Trinajstić information content (AvgIpc) is 2.78. The van der Waals surface area contributed by atoms with Crippen LogP contribution in [0.2, 0.25) is 0 Å². The summed E-state index contributed by atoms with van der Waals surface area (Å²) in [5.74, 6) is 0.599. The number of likely N-dealkylation sites (tertiary alicyclic amines) is 1. The molecule has 0 saturated carbocycles. The number of rotatable bonds is 3. The van der Waals surface area contributed by atoms with E-state index < -0.39 is 0 Å². The van der Waals surface area contributed by atoms with Crippen LogP contribution in [0.3, 0.4) is 0 Å². The third-order valence-corrected chi connectivity index (χ3v) is 4.48. The number of anilines is 1. The lowest BCUT2D eigenvalue weighted by Crippen LogP contribution is -2.62. The molecule has 7 nitrogen and oxygen atoms in total. The first-order valence-corrected chi connectivity index (χ1v) is 7.76. The van der Waals surface area contributed by atoms with Crippen molar-refractivity contribution in [3.05, 3.63) is 24.3 Å². The Morgan fingerprint density at radius 3 is 2.68 bits per heavy atom. The number of urea groups is 1. The minimum atomic E-state index is -0.271. The monoisotopic (exact) mass is 321 g/mol. The Hall–Kier alpha value is -2.22. The van der Waals surface area contributed by atoms with Crippen LogP contribution in [0, 0.1) is 0 Å². The lowest BCUT2D eigenvalue weighted by molar-refractivity contribution is -0.128. The van der Waals surface area contributed by atoms with E-state index in [0.717, 1.165) is 11.8 Å². The molecular formula is C14H15N3O4S. The maximum Gasteiger partial charge on any atom is 0.322 e. The fourth-order valence-corrected chi connectivity index (χ4v) is 3.22. The van der Waals surface area contributed by atoms with Crippen LogP contribution >= 0.6 is 11.8 Å². The Morgan fingerprint density at radius 1 is 1.32 bits per heavy atom. The van der Waals surface area contributed by atoms with Crippen molar-refractivity contribution in [1.29, 1.82) is 0 Å². The molecule has 2 aliphatic rings. The Kier molecular flexibility index (Phi) is 3.93. The average molecular weight is 321 g/mol. The number of hydrogen-bond donors (Lipinski definition) is 1. The largest absolute Gasteiger partial charge is 0.495 e. The molecule has 1 N–H and O–H groups in total. The van der Waals surface area contributed by atoms with Crippen molar-refractivity contribution < 1.29 is 19.1 Å². The van der Waals surface area contributed by atoms with Crippen LogP contribution < -0.4 is 10.1 Å². The summed E-state index contributed by atoms with van der Waals surface area (Å²) in [6.45, 7) is 0.720. The molecule has 0 spiro atoms. The summed E-state index contributed by atoms with van der Waals surface area (Å²) in [5, 5.41) is 2.54. The van der Waals surface area contributed by atoms with Gasteiger partial charge in [-0.15, -0.1) is 0 Å². The molecule has 1 aromatic carbocycles. The van der Waals surface area contributed by atoms with Gasteiger partial charge < -0.3 is 15.0 Å². The number of para-hydroxylation sites is 2. The molecule has 4 amide bonds. The van der Waals surface area contributed by atoms with E-state index in [1.165, 1.54) is 12.0 Å². The topological polar surface area (TPSA) is 79.0 Å². The Balaban J connectivity index is 1.57. The number of ether oxygens (including phenoxy) is 1. The van der Waals surface area contributed by atoms with Gasteiger partial charge in [0.15, 0.2) is 0 Å². The lowest BCUT2D eigenvalue weighted by Gasteiger charge is -2.42. The summed E-state index contributed by atoms with van der Waals surface area (Å²) in [5.41, 5.74) is 0.585. The predicted molar refractivity (Wildman–Crippen MR) is 82.1 cm³/mol. The molecule has 2 saturated heterocycles. The predicted octanol–water partition coefficient (Wildman–Crippen LogP) is 1.61. The lowest BCUT2D eigenvalue weighted by atomic mass is 10.1. The van der Waals surface area contributed by atoms with Gasteiger partial charge >= 0.3 is 6.03 Å². The molecule has 3 rings (SSSR count). The molecule has 0 unspecified atom stereocenters. The second kappa shape index (κ2) is 5.88. The number of methoxy groups -OCH3 is 1. The highest BCUT2D eigenvalue weighted by atomic mass is 32.2. The molecule has 0 aromatic heterocycles. The Morgan fingerprint density at radius 2 is 2.05 bits per heavy atom. The van der Waals surface area contributed by atoms with Crippen molar-refractivity contribution in [2.75, 3.05) is 31.3 Å². The zero-order chi connectivity index (χ0) is 15.7. The first-order chi connectivity index (χ1) is 10.6. The van der Waals surface area contributed by atoms with E-state index in [1.807, 2.05) is 6.07 Å². The minimum absolute atomic E-state index is 0.176. The first-order valence-electron chi connectivity index (χ1n) is 6.78. The highest BCUT2D eigenvalue weighted by Gasteiger charge is 2.43. The SMILES string of the molecule is COc1ccccc1NC(=O)N1CC(N2C(=O)CSC2=O)C1. The molecule has 22 heavy (non-hydrogen) atoms. The quantitative estimate of drug-likeness (QED) is 0.915. The molecule has 0 radical (unpaired) electrons. The molecule has 116 valence electrons. The van der Waals surface area contributed by atoms with Crippen LogP contribution in [-0.4, -0.2) is 59.0 Å². The van der Waals surface area contributed by atoms with Gasteiger partial charge in [-0.1, -0.05) is 23.9 Å². The molecular weight excluding hydrogens is 306 g/mol. The van der Waals surface area contributed by atoms with Crippen molar-refractivity contribution in [3.8, 4) is 5.75 Å². The third kappa shape index (κ3) is 2.61. The van der Waals surface area contributed by atoms with Crippen molar-refractivity contribution in [2.45, 2.75) is 6.04 Å².